The average Bonchev–Trinajstić information content (AvgIpc) is 2.29. The Morgan fingerprint density at radius 1 is 1.44 bits per heavy atom. The molecule has 0 saturated heterocycles. The molecule has 0 aromatic rings. The highest BCUT2D eigenvalue weighted by Gasteiger charge is 2.34. The van der Waals surface area contributed by atoms with Crippen LogP contribution in [-0.2, 0) is 4.79 Å². The third-order valence-electron chi connectivity index (χ3n) is 3.90. The van der Waals surface area contributed by atoms with Crippen molar-refractivity contribution in [2.75, 3.05) is 18.3 Å². The van der Waals surface area contributed by atoms with Gasteiger partial charge in [-0.3, -0.25) is 4.79 Å². The highest BCUT2D eigenvalue weighted by atomic mass is 35.5. The van der Waals surface area contributed by atoms with Crippen molar-refractivity contribution in [3.8, 4) is 0 Å². The summed E-state index contributed by atoms with van der Waals surface area (Å²) in [7, 11) is 0. The van der Waals surface area contributed by atoms with Crippen molar-refractivity contribution in [3.05, 3.63) is 11.3 Å². The van der Waals surface area contributed by atoms with E-state index in [1.807, 2.05) is 0 Å². The smallest absolute Gasteiger partial charge is 0.241 e. The van der Waals surface area contributed by atoms with Crippen LogP contribution in [0.5, 0.6) is 0 Å². The van der Waals surface area contributed by atoms with E-state index >= 15 is 0 Å². The number of nitrogens with zero attached hydrogens (tertiary/aromatic N) is 1. The molecule has 0 radical (unpaired) electrons. The Labute approximate surface area is 120 Å². The van der Waals surface area contributed by atoms with Gasteiger partial charge in [0.2, 0.25) is 5.91 Å². The molecule has 0 heterocycles. The Hall–Kier alpha value is -0.210. The molecule has 0 bridgehead atoms. The van der Waals surface area contributed by atoms with Crippen molar-refractivity contribution in [1.29, 1.82) is 0 Å². The Morgan fingerprint density at radius 2 is 2.06 bits per heavy atom. The highest BCUT2D eigenvalue weighted by Crippen LogP contribution is 2.43. The van der Waals surface area contributed by atoms with E-state index in [1.165, 1.54) is 5.57 Å². The van der Waals surface area contributed by atoms with E-state index in [0.717, 1.165) is 18.5 Å². The zero-order valence-electron chi connectivity index (χ0n) is 11.7. The number of hydrogen-bond donors (Lipinski definition) is 0. The van der Waals surface area contributed by atoms with E-state index in [0.29, 0.717) is 18.3 Å². The average molecular weight is 292 g/mol. The lowest BCUT2D eigenvalue weighted by Gasteiger charge is -2.40. The first-order valence-electron chi connectivity index (χ1n) is 6.46. The molecule has 1 rings (SSSR count). The number of alkyl halides is 2. The van der Waals surface area contributed by atoms with Gasteiger partial charge in [-0.1, -0.05) is 20.8 Å². The molecule has 2 nitrogen and oxygen atoms in total. The Morgan fingerprint density at radius 3 is 2.56 bits per heavy atom. The van der Waals surface area contributed by atoms with Gasteiger partial charge >= 0.3 is 0 Å². The molecule has 1 unspecified atom stereocenters. The number of hydrogen-bond acceptors (Lipinski definition) is 1. The fourth-order valence-electron chi connectivity index (χ4n) is 2.85. The molecule has 1 aliphatic rings. The lowest BCUT2D eigenvalue weighted by atomic mass is 9.71. The van der Waals surface area contributed by atoms with Gasteiger partial charge in [-0.15, -0.1) is 23.2 Å². The van der Waals surface area contributed by atoms with Gasteiger partial charge in [-0.2, -0.15) is 0 Å². The van der Waals surface area contributed by atoms with Gasteiger partial charge in [0.05, 0.1) is 0 Å². The summed E-state index contributed by atoms with van der Waals surface area (Å²) < 4.78 is 0. The maximum absolute atomic E-state index is 12.0. The molecule has 0 spiro atoms. The second-order valence-electron chi connectivity index (χ2n) is 5.84. The van der Waals surface area contributed by atoms with Gasteiger partial charge < -0.3 is 4.90 Å². The lowest BCUT2D eigenvalue weighted by molar-refractivity contribution is -0.126. The molecule has 0 aromatic carbocycles. The zero-order valence-corrected chi connectivity index (χ0v) is 13.2. The molecule has 1 aliphatic carbocycles. The topological polar surface area (TPSA) is 20.3 Å². The Balaban J connectivity index is 3.12. The molecule has 0 saturated carbocycles. The molecule has 1 amide bonds. The molecular weight excluding hydrogens is 269 g/mol. The fourth-order valence-corrected chi connectivity index (χ4v) is 3.16. The monoisotopic (exact) mass is 291 g/mol. The van der Waals surface area contributed by atoms with E-state index in [4.69, 9.17) is 23.2 Å². The van der Waals surface area contributed by atoms with Crippen LogP contribution in [0, 0.1) is 11.3 Å². The number of carbonyl (C=O) groups excluding carboxylic acids is 1. The summed E-state index contributed by atoms with van der Waals surface area (Å²) in [6, 6.07) is 0. The van der Waals surface area contributed by atoms with Gasteiger partial charge in [0, 0.05) is 18.1 Å². The SMILES string of the molecule is CC1=C(N(CCCl)C(=O)CCl)CC(C)CC1(C)C. The van der Waals surface area contributed by atoms with Crippen LogP contribution < -0.4 is 0 Å². The van der Waals surface area contributed by atoms with E-state index < -0.39 is 0 Å². The second-order valence-corrected chi connectivity index (χ2v) is 6.48. The normalized spacial score (nSPS) is 23.1. The summed E-state index contributed by atoms with van der Waals surface area (Å²) in [4.78, 5) is 13.8. The first-order chi connectivity index (χ1) is 8.33. The van der Waals surface area contributed by atoms with Gasteiger partial charge in [0.1, 0.15) is 5.88 Å². The molecule has 104 valence electrons. The quantitative estimate of drug-likeness (QED) is 0.717. The predicted octanol–water partition coefficient (Wildman–Crippen LogP) is 4.02. The van der Waals surface area contributed by atoms with Crippen LogP contribution in [0.2, 0.25) is 0 Å². The molecule has 0 aromatic heterocycles. The van der Waals surface area contributed by atoms with Crippen molar-refractivity contribution in [1.82, 2.24) is 4.90 Å². The summed E-state index contributed by atoms with van der Waals surface area (Å²) in [5.41, 5.74) is 2.57. The first-order valence-corrected chi connectivity index (χ1v) is 7.53. The summed E-state index contributed by atoms with van der Waals surface area (Å²) in [5.74, 6) is 0.993. The highest BCUT2D eigenvalue weighted by molar-refractivity contribution is 6.27. The number of carbonyl (C=O) groups is 1. The summed E-state index contributed by atoms with van der Waals surface area (Å²) >= 11 is 11.5. The van der Waals surface area contributed by atoms with Crippen LogP contribution in [0.4, 0.5) is 0 Å². The fraction of sp³-hybridized carbons (Fsp3) is 0.786. The van der Waals surface area contributed by atoms with Crippen LogP contribution in [0.25, 0.3) is 0 Å². The van der Waals surface area contributed by atoms with E-state index in [-0.39, 0.29) is 17.2 Å². The molecule has 1 atom stereocenters. The number of rotatable bonds is 4. The summed E-state index contributed by atoms with van der Waals surface area (Å²) in [6.45, 7) is 9.38. The zero-order chi connectivity index (χ0) is 13.9. The van der Waals surface area contributed by atoms with Crippen molar-refractivity contribution in [2.24, 2.45) is 11.3 Å². The van der Waals surface area contributed by atoms with Crippen LogP contribution in [0.1, 0.15) is 40.5 Å². The van der Waals surface area contributed by atoms with Crippen LogP contribution >= 0.6 is 23.2 Å². The summed E-state index contributed by atoms with van der Waals surface area (Å²) in [5, 5.41) is 0. The van der Waals surface area contributed by atoms with Crippen LogP contribution in [0.15, 0.2) is 11.3 Å². The van der Waals surface area contributed by atoms with Gasteiger partial charge in [0.25, 0.3) is 0 Å². The van der Waals surface area contributed by atoms with Gasteiger partial charge in [-0.25, -0.2) is 0 Å². The molecule has 0 N–H and O–H groups in total. The Bertz CT molecular complexity index is 350. The standard InChI is InChI=1S/C14H23Cl2NO/c1-10-7-12(11(2)14(3,4)8-10)17(6-5-15)13(18)9-16/h10H,5-9H2,1-4H3. The third kappa shape index (κ3) is 3.42. The Kier molecular flexibility index (Phi) is 5.54. The van der Waals surface area contributed by atoms with Gasteiger partial charge in [0.15, 0.2) is 0 Å². The summed E-state index contributed by atoms with van der Waals surface area (Å²) in [6.07, 6.45) is 2.10. The lowest BCUT2D eigenvalue weighted by Crippen LogP contribution is -2.38. The largest absolute Gasteiger partial charge is 0.314 e. The molecule has 0 fully saturated rings. The molecule has 0 aliphatic heterocycles. The van der Waals surface area contributed by atoms with Crippen LogP contribution in [0.3, 0.4) is 0 Å². The minimum absolute atomic E-state index is 0.0163. The number of amides is 1. The minimum atomic E-state index is -0.0448. The van der Waals surface area contributed by atoms with E-state index in [9.17, 15) is 4.79 Å². The first kappa shape index (κ1) is 15.8. The van der Waals surface area contributed by atoms with E-state index in [1.54, 1.807) is 4.90 Å². The molecule has 4 heteroatoms. The number of allylic oxidation sites excluding steroid dienone is 2. The van der Waals surface area contributed by atoms with Crippen molar-refractivity contribution in [2.45, 2.75) is 40.5 Å². The second kappa shape index (κ2) is 6.29. The van der Waals surface area contributed by atoms with Gasteiger partial charge in [-0.05, 0) is 36.7 Å². The van der Waals surface area contributed by atoms with Crippen molar-refractivity contribution >= 4 is 29.1 Å². The van der Waals surface area contributed by atoms with Crippen LogP contribution in [-0.4, -0.2) is 29.1 Å². The maximum atomic E-state index is 12.0. The molecular formula is C14H23Cl2NO. The molecule has 18 heavy (non-hydrogen) atoms. The predicted molar refractivity (Wildman–Crippen MR) is 78.0 cm³/mol. The van der Waals surface area contributed by atoms with Crippen molar-refractivity contribution in [3.63, 3.8) is 0 Å². The van der Waals surface area contributed by atoms with E-state index in [2.05, 4.69) is 27.7 Å². The maximum Gasteiger partial charge on any atom is 0.241 e. The minimum Gasteiger partial charge on any atom is -0.314 e. The number of halogens is 2. The van der Waals surface area contributed by atoms with Crippen molar-refractivity contribution < 1.29 is 4.79 Å². The third-order valence-corrected chi connectivity index (χ3v) is 4.30.